The van der Waals surface area contributed by atoms with Gasteiger partial charge in [-0.25, -0.2) is 4.98 Å². The van der Waals surface area contributed by atoms with Crippen molar-refractivity contribution >= 4 is 21.6 Å². The van der Waals surface area contributed by atoms with E-state index in [1.807, 2.05) is 0 Å². The van der Waals surface area contributed by atoms with Gasteiger partial charge in [-0.05, 0) is 36.3 Å². The second-order valence-corrected chi connectivity index (χ2v) is 10.4. The largest absolute Gasteiger partial charge is 0.322 e. The van der Waals surface area contributed by atoms with E-state index in [0.29, 0.717) is 5.92 Å². The van der Waals surface area contributed by atoms with Crippen LogP contribution in [0, 0.1) is 0 Å². The van der Waals surface area contributed by atoms with Gasteiger partial charge >= 0.3 is 0 Å². The van der Waals surface area contributed by atoms with E-state index in [0.717, 1.165) is 55.1 Å². The van der Waals surface area contributed by atoms with Gasteiger partial charge in [0, 0.05) is 10.4 Å². The van der Waals surface area contributed by atoms with Gasteiger partial charge in [0.2, 0.25) is 0 Å². The number of quaternary nitrogens is 2. The molecule has 3 heterocycles. The Hall–Kier alpha value is -2.02. The first kappa shape index (κ1) is 19.9. The van der Waals surface area contributed by atoms with Crippen molar-refractivity contribution < 1.29 is 9.80 Å². The molecule has 1 fully saturated rings. The zero-order chi connectivity index (χ0) is 20.7. The highest BCUT2D eigenvalue weighted by molar-refractivity contribution is 7.18. The number of aryl methyl sites for hydroxylation is 2. The SMILES string of the molecule is CC(C)c1ccc(C[NH+]2CC[NH+](Cc3nc4sc5c(c4c(=O)[nH]3)CCC5)CC2)cc1. The molecule has 1 saturated heterocycles. The first-order valence-corrected chi connectivity index (χ1v) is 12.2. The predicted octanol–water partition coefficient (Wildman–Crippen LogP) is 1.08. The van der Waals surface area contributed by atoms with Crippen LogP contribution in [-0.2, 0) is 25.9 Å². The summed E-state index contributed by atoms with van der Waals surface area (Å²) in [6.45, 7) is 11.0. The maximum Gasteiger partial charge on any atom is 0.260 e. The molecule has 2 aliphatic rings. The Morgan fingerprint density at radius 1 is 1.03 bits per heavy atom. The van der Waals surface area contributed by atoms with E-state index in [1.165, 1.54) is 46.0 Å². The number of thiophene rings is 1. The summed E-state index contributed by atoms with van der Waals surface area (Å²) in [7, 11) is 0. The number of nitrogens with one attached hydrogen (secondary N) is 3. The van der Waals surface area contributed by atoms with Crippen LogP contribution in [0.3, 0.4) is 0 Å². The molecule has 0 unspecified atom stereocenters. The van der Waals surface area contributed by atoms with Crippen LogP contribution in [0.1, 0.15) is 53.6 Å². The highest BCUT2D eigenvalue weighted by atomic mass is 32.1. The van der Waals surface area contributed by atoms with Gasteiger partial charge in [0.25, 0.3) is 5.56 Å². The normalized spacial score (nSPS) is 21.4. The minimum atomic E-state index is 0.0721. The molecule has 3 aromatic rings. The summed E-state index contributed by atoms with van der Waals surface area (Å²) in [5, 5.41) is 0.865. The smallest absolute Gasteiger partial charge is 0.260 e. The Labute approximate surface area is 181 Å². The van der Waals surface area contributed by atoms with Gasteiger partial charge in [0.15, 0.2) is 5.82 Å². The van der Waals surface area contributed by atoms with Crippen LogP contribution < -0.4 is 15.4 Å². The zero-order valence-corrected chi connectivity index (χ0v) is 18.8. The third-order valence-corrected chi connectivity index (χ3v) is 7.99. The van der Waals surface area contributed by atoms with E-state index in [-0.39, 0.29) is 5.56 Å². The van der Waals surface area contributed by atoms with Crippen molar-refractivity contribution in [3.63, 3.8) is 0 Å². The van der Waals surface area contributed by atoms with E-state index < -0.39 is 0 Å². The number of hydrogen-bond donors (Lipinski definition) is 3. The van der Waals surface area contributed by atoms with Crippen LogP contribution in [0.2, 0.25) is 0 Å². The Morgan fingerprint density at radius 2 is 1.73 bits per heavy atom. The third kappa shape index (κ3) is 3.96. The molecule has 3 N–H and O–H groups in total. The van der Waals surface area contributed by atoms with Crippen LogP contribution in [0.5, 0.6) is 0 Å². The fraction of sp³-hybridized carbons (Fsp3) is 0.500. The van der Waals surface area contributed by atoms with Crippen LogP contribution in [0.15, 0.2) is 29.1 Å². The molecule has 5 nitrogen and oxygen atoms in total. The van der Waals surface area contributed by atoms with Crippen molar-refractivity contribution in [1.82, 2.24) is 9.97 Å². The maximum atomic E-state index is 12.7. The standard InChI is InChI=1S/C24H30N4OS/c1-16(2)18-8-6-17(7-9-18)14-27-10-12-28(13-11-27)15-21-25-23(29)22-19-4-3-5-20(19)30-24(22)26-21/h6-9,16H,3-5,10-15H2,1-2H3,(H,25,26,29)/p+2. The lowest BCUT2D eigenvalue weighted by atomic mass is 10.0. The summed E-state index contributed by atoms with van der Waals surface area (Å²) in [5.74, 6) is 1.45. The van der Waals surface area contributed by atoms with E-state index >= 15 is 0 Å². The molecule has 158 valence electrons. The molecule has 1 aromatic carbocycles. The van der Waals surface area contributed by atoms with Gasteiger partial charge in [-0.1, -0.05) is 38.1 Å². The number of H-pyrrole nitrogens is 1. The zero-order valence-electron chi connectivity index (χ0n) is 18.0. The molecule has 1 aliphatic heterocycles. The first-order chi connectivity index (χ1) is 14.6. The second-order valence-electron chi connectivity index (χ2n) is 9.30. The molecular formula is C24H32N4OS+2. The van der Waals surface area contributed by atoms with E-state index in [2.05, 4.69) is 43.1 Å². The first-order valence-electron chi connectivity index (χ1n) is 11.4. The van der Waals surface area contributed by atoms with Gasteiger partial charge in [0.1, 0.15) is 44.1 Å². The number of nitrogens with zero attached hydrogens (tertiary/aromatic N) is 1. The monoisotopic (exact) mass is 424 g/mol. The van der Waals surface area contributed by atoms with Crippen molar-refractivity contribution in [1.29, 1.82) is 0 Å². The quantitative estimate of drug-likeness (QED) is 0.574. The van der Waals surface area contributed by atoms with E-state index in [1.54, 1.807) is 16.2 Å². The summed E-state index contributed by atoms with van der Waals surface area (Å²) in [6.07, 6.45) is 3.33. The average molecular weight is 425 g/mol. The number of hydrogen-bond acceptors (Lipinski definition) is 3. The second kappa shape index (κ2) is 8.25. The van der Waals surface area contributed by atoms with Crippen LogP contribution in [-0.4, -0.2) is 36.1 Å². The highest BCUT2D eigenvalue weighted by Crippen LogP contribution is 2.34. The molecule has 0 amide bonds. The number of aromatic amines is 1. The molecule has 2 aromatic heterocycles. The molecule has 30 heavy (non-hydrogen) atoms. The Bertz CT molecular complexity index is 1090. The molecule has 6 heteroatoms. The predicted molar refractivity (Wildman–Crippen MR) is 122 cm³/mol. The minimum absolute atomic E-state index is 0.0721. The Balaban J connectivity index is 1.20. The van der Waals surface area contributed by atoms with Crippen molar-refractivity contribution in [3.8, 4) is 0 Å². The summed E-state index contributed by atoms with van der Waals surface area (Å²) in [4.78, 5) is 26.1. The van der Waals surface area contributed by atoms with E-state index in [4.69, 9.17) is 4.98 Å². The number of fused-ring (bicyclic) bond motifs is 3. The minimum Gasteiger partial charge on any atom is -0.322 e. The molecule has 5 rings (SSSR count). The lowest BCUT2D eigenvalue weighted by Gasteiger charge is -2.29. The average Bonchev–Trinajstić information content (AvgIpc) is 3.31. The summed E-state index contributed by atoms with van der Waals surface area (Å²) in [6, 6.07) is 9.15. The lowest BCUT2D eigenvalue weighted by Crippen LogP contribution is -3.27. The molecule has 0 atom stereocenters. The summed E-state index contributed by atoms with van der Waals surface area (Å²) >= 11 is 1.74. The topological polar surface area (TPSA) is 54.6 Å². The van der Waals surface area contributed by atoms with Gasteiger partial charge in [-0.2, -0.15) is 0 Å². The highest BCUT2D eigenvalue weighted by Gasteiger charge is 2.25. The van der Waals surface area contributed by atoms with Crippen molar-refractivity contribution in [2.75, 3.05) is 26.2 Å². The van der Waals surface area contributed by atoms with Crippen molar-refractivity contribution in [2.24, 2.45) is 0 Å². The number of rotatable bonds is 5. The molecular weight excluding hydrogens is 392 g/mol. The molecule has 0 spiro atoms. The number of benzene rings is 1. The van der Waals surface area contributed by atoms with Crippen molar-refractivity contribution in [3.05, 3.63) is 62.0 Å². The fourth-order valence-electron chi connectivity index (χ4n) is 4.99. The summed E-state index contributed by atoms with van der Waals surface area (Å²) < 4.78 is 0. The van der Waals surface area contributed by atoms with Crippen LogP contribution in [0.25, 0.3) is 10.2 Å². The van der Waals surface area contributed by atoms with Crippen molar-refractivity contribution in [2.45, 2.75) is 52.1 Å². The maximum absolute atomic E-state index is 12.7. The molecule has 1 aliphatic carbocycles. The number of piperazine rings is 1. The summed E-state index contributed by atoms with van der Waals surface area (Å²) in [5.41, 5.74) is 4.18. The van der Waals surface area contributed by atoms with Gasteiger partial charge in [0.05, 0.1) is 5.39 Å². The number of aromatic nitrogens is 2. The van der Waals surface area contributed by atoms with Gasteiger partial charge < -0.3 is 14.8 Å². The van der Waals surface area contributed by atoms with Crippen LogP contribution >= 0.6 is 11.3 Å². The van der Waals surface area contributed by atoms with Gasteiger partial charge in [-0.3, -0.25) is 4.79 Å². The van der Waals surface area contributed by atoms with E-state index in [9.17, 15) is 4.79 Å². The molecule has 0 bridgehead atoms. The fourth-order valence-corrected chi connectivity index (χ4v) is 6.27. The lowest BCUT2D eigenvalue weighted by molar-refractivity contribution is -1.02. The molecule has 0 saturated carbocycles. The Kier molecular flexibility index (Phi) is 5.48. The molecule has 0 radical (unpaired) electrons. The van der Waals surface area contributed by atoms with Crippen LogP contribution in [0.4, 0.5) is 0 Å². The third-order valence-electron chi connectivity index (χ3n) is 6.81. The Morgan fingerprint density at radius 3 is 2.43 bits per heavy atom. The van der Waals surface area contributed by atoms with Gasteiger partial charge in [-0.15, -0.1) is 11.3 Å².